The molecule has 1 aromatic rings. The van der Waals surface area contributed by atoms with Crippen LogP contribution in [0, 0.1) is 5.92 Å². The van der Waals surface area contributed by atoms with Crippen molar-refractivity contribution in [3.05, 3.63) is 35.9 Å². The summed E-state index contributed by atoms with van der Waals surface area (Å²) in [5, 5.41) is 8.25. The zero-order valence-corrected chi connectivity index (χ0v) is 58.1. The van der Waals surface area contributed by atoms with Crippen LogP contribution in [0.3, 0.4) is 0 Å². The number of carbonyl (C=O) groups is 8. The van der Waals surface area contributed by atoms with Crippen LogP contribution in [0.25, 0.3) is 0 Å². The summed E-state index contributed by atoms with van der Waals surface area (Å²) in [6.07, 6.45) is 4.86. The second-order valence-electron chi connectivity index (χ2n) is 20.0. The van der Waals surface area contributed by atoms with Crippen molar-refractivity contribution in [2.45, 2.75) is 242 Å². The number of methoxy groups -OCH3 is 9. The molecule has 1 aromatic carbocycles. The Hall–Kier alpha value is -5.34. The number of rotatable bonds is 32. The third kappa shape index (κ3) is 53.7. The van der Waals surface area contributed by atoms with Crippen LogP contribution < -0.4 is 0 Å². The molecule has 518 valence electrons. The first-order valence-corrected chi connectivity index (χ1v) is 30.2. The Kier molecular flexibility index (Phi) is 66.0. The minimum atomic E-state index is -0.894. The van der Waals surface area contributed by atoms with E-state index in [2.05, 4.69) is 9.47 Å². The number of carboxylic acid groups (broad SMARTS) is 1. The topological polar surface area (TPSA) is 295 Å². The number of esters is 7. The van der Waals surface area contributed by atoms with E-state index in [-0.39, 0.29) is 66.2 Å². The number of hydrogen-bond acceptors (Lipinski definition) is 23. The zero-order chi connectivity index (χ0) is 69.2. The fraction of sp³-hybridized carbons (Fsp3) is 0.781. The molecular formula is C64H118O24. The third-order valence-electron chi connectivity index (χ3n) is 11.4. The summed E-state index contributed by atoms with van der Waals surface area (Å²) >= 11 is 0. The number of carbonyl (C=O) groups excluding carboxylic acids is 7. The minimum absolute atomic E-state index is 0.0632. The highest BCUT2D eigenvalue weighted by molar-refractivity contribution is 5.77. The van der Waals surface area contributed by atoms with Crippen molar-refractivity contribution < 1.29 is 115 Å². The van der Waals surface area contributed by atoms with Crippen LogP contribution in [0.2, 0.25) is 0 Å². The molecule has 0 aromatic heterocycles. The number of benzene rings is 1. The average molecular weight is 1270 g/mol. The SMILES string of the molecule is CCC(OC)C(=O)O.CCC(OC)C(=O)OC.CCC(OC)C(=O)OC(C)(C)C.CCC(OC)C(=O)OC(C)C.CCC(OC)C(=O)OCC1CC1.CCC(OC)C(=O)OCc1ccccc1.CCCOC(=O)C(CC)OC.CCOC(=O)C(CC)OC. The molecule has 0 aliphatic heterocycles. The summed E-state index contributed by atoms with van der Waals surface area (Å²) < 4.78 is 73.0. The largest absolute Gasteiger partial charge is 0.479 e. The first-order chi connectivity index (χ1) is 41.6. The van der Waals surface area contributed by atoms with Gasteiger partial charge in [0, 0.05) is 56.9 Å². The van der Waals surface area contributed by atoms with Crippen molar-refractivity contribution in [1.29, 1.82) is 0 Å². The van der Waals surface area contributed by atoms with Gasteiger partial charge in [0.1, 0.15) is 12.2 Å². The van der Waals surface area contributed by atoms with Crippen molar-refractivity contribution in [1.82, 2.24) is 0 Å². The first kappa shape index (κ1) is 93.8. The number of hydrogen-bond donors (Lipinski definition) is 1. The Morgan fingerprint density at radius 3 is 1.05 bits per heavy atom. The first-order valence-electron chi connectivity index (χ1n) is 30.2. The number of aliphatic carboxylic acids is 1. The van der Waals surface area contributed by atoms with Crippen LogP contribution in [0.15, 0.2) is 30.3 Å². The molecule has 0 spiro atoms. The Bertz CT molecular complexity index is 1840. The molecule has 1 aliphatic rings. The lowest BCUT2D eigenvalue weighted by Gasteiger charge is -2.22. The zero-order valence-electron chi connectivity index (χ0n) is 58.1. The van der Waals surface area contributed by atoms with Gasteiger partial charge in [-0.2, -0.15) is 0 Å². The summed E-state index contributed by atoms with van der Waals surface area (Å²) in [6.45, 7) is 29.7. The van der Waals surface area contributed by atoms with Gasteiger partial charge in [-0.1, -0.05) is 92.6 Å². The van der Waals surface area contributed by atoms with Gasteiger partial charge in [-0.25, -0.2) is 38.4 Å². The van der Waals surface area contributed by atoms with Crippen molar-refractivity contribution in [3.63, 3.8) is 0 Å². The number of ether oxygens (including phenoxy) is 15. The summed E-state index contributed by atoms with van der Waals surface area (Å²) in [7, 11) is 13.3. The van der Waals surface area contributed by atoms with Crippen LogP contribution in [-0.2, 0) is 116 Å². The van der Waals surface area contributed by atoms with E-state index < -0.39 is 42.1 Å². The van der Waals surface area contributed by atoms with E-state index in [1.807, 2.05) is 120 Å². The summed E-state index contributed by atoms with van der Waals surface area (Å²) in [4.78, 5) is 87.5. The van der Waals surface area contributed by atoms with Gasteiger partial charge in [0.2, 0.25) is 0 Å². The average Bonchev–Trinajstić information content (AvgIpc) is 4.42. The molecule has 0 amide bonds. The molecule has 8 unspecified atom stereocenters. The highest BCUT2D eigenvalue weighted by Crippen LogP contribution is 2.29. The molecule has 0 heterocycles. The Labute approximate surface area is 527 Å². The molecule has 1 aliphatic carbocycles. The summed E-state index contributed by atoms with van der Waals surface area (Å²) in [5.41, 5.74) is 0.556. The molecule has 0 bridgehead atoms. The lowest BCUT2D eigenvalue weighted by atomic mass is 10.2. The van der Waals surface area contributed by atoms with Gasteiger partial charge in [-0.05, 0) is 124 Å². The molecule has 24 nitrogen and oxygen atoms in total. The van der Waals surface area contributed by atoms with Crippen molar-refractivity contribution in [2.24, 2.45) is 5.92 Å². The lowest BCUT2D eigenvalue weighted by Crippen LogP contribution is -2.32. The second kappa shape index (κ2) is 61.9. The maximum absolute atomic E-state index is 11.4. The molecule has 1 N–H and O–H groups in total. The van der Waals surface area contributed by atoms with Gasteiger partial charge in [-0.15, -0.1) is 0 Å². The Morgan fingerprint density at radius 2 is 0.773 bits per heavy atom. The minimum Gasteiger partial charge on any atom is -0.479 e. The molecule has 0 saturated heterocycles. The molecule has 2 rings (SSSR count). The van der Waals surface area contributed by atoms with Gasteiger partial charge >= 0.3 is 47.8 Å². The van der Waals surface area contributed by atoms with Crippen LogP contribution in [0.4, 0.5) is 0 Å². The fourth-order valence-corrected chi connectivity index (χ4v) is 6.19. The van der Waals surface area contributed by atoms with Crippen molar-refractivity contribution >= 4 is 47.8 Å². The number of carboxylic acids is 1. The van der Waals surface area contributed by atoms with E-state index in [1.54, 1.807) is 13.8 Å². The maximum atomic E-state index is 11.4. The van der Waals surface area contributed by atoms with Crippen LogP contribution in [-0.4, -0.2) is 197 Å². The van der Waals surface area contributed by atoms with E-state index in [9.17, 15) is 38.4 Å². The Balaban J connectivity index is -0.000000220. The van der Waals surface area contributed by atoms with Crippen LogP contribution in [0.1, 0.15) is 180 Å². The normalized spacial score (nSPS) is 13.7. The molecule has 24 heteroatoms. The van der Waals surface area contributed by atoms with Gasteiger partial charge in [0.25, 0.3) is 0 Å². The van der Waals surface area contributed by atoms with E-state index >= 15 is 0 Å². The summed E-state index contributed by atoms with van der Waals surface area (Å²) in [5.74, 6) is -2.17. The van der Waals surface area contributed by atoms with E-state index in [0.717, 1.165) is 12.0 Å². The highest BCUT2D eigenvalue weighted by atomic mass is 16.6. The fourth-order valence-electron chi connectivity index (χ4n) is 6.19. The smallest absolute Gasteiger partial charge is 0.335 e. The van der Waals surface area contributed by atoms with Gasteiger partial charge < -0.3 is 76.2 Å². The predicted octanol–water partition coefficient (Wildman–Crippen LogP) is 10.1. The van der Waals surface area contributed by atoms with E-state index in [4.69, 9.17) is 66.7 Å². The standard InChI is InChI=1S/C12H16O3.C9H16O3.C9H18O3.2C8H16O3.C7H14O3.C6H12O3.C5H10O3/c1-3-11(14-2)12(13)15-9-10-7-5-4-6-8-10;1-3-8(11-2)9(10)12-6-7-4-5-7;1-6-7(11-5)8(10)12-9(2,3)4;1-5-7(10-4)8(9)11-6(2)3;1-4-6-11-8(9)7(5-2)10-3;1-4-6(9-3)7(8)10-5-2;1-4-5(8-2)6(7)9-3;1-3-4(8-2)5(6)7/h4-8,11H,3,9H2,1-2H3;7-8H,3-6H2,1-2H3;7H,6H2,1-5H3;6-7H,5H2,1-4H3;7H,4-6H2,1-3H3;6H,4-5H2,1-3H3;5H,4H2,1-3H3;4H,3H2,1-2H3,(H,6,7). The summed E-state index contributed by atoms with van der Waals surface area (Å²) in [6, 6.07) is 9.59. The van der Waals surface area contributed by atoms with Gasteiger partial charge in [0.05, 0.1) is 33.0 Å². The van der Waals surface area contributed by atoms with E-state index in [0.29, 0.717) is 83.7 Å². The second-order valence-corrected chi connectivity index (χ2v) is 20.0. The van der Waals surface area contributed by atoms with Crippen LogP contribution in [0.5, 0.6) is 0 Å². The molecule has 1 fully saturated rings. The monoisotopic (exact) mass is 1270 g/mol. The Morgan fingerprint density at radius 1 is 0.443 bits per heavy atom. The molecule has 1 saturated carbocycles. The molecule has 88 heavy (non-hydrogen) atoms. The predicted molar refractivity (Wildman–Crippen MR) is 333 cm³/mol. The third-order valence-corrected chi connectivity index (χ3v) is 11.4. The van der Waals surface area contributed by atoms with Crippen LogP contribution >= 0.6 is 0 Å². The van der Waals surface area contributed by atoms with Crippen molar-refractivity contribution in [3.8, 4) is 0 Å². The highest BCUT2D eigenvalue weighted by Gasteiger charge is 2.26. The van der Waals surface area contributed by atoms with Crippen molar-refractivity contribution in [2.75, 3.05) is 83.8 Å². The van der Waals surface area contributed by atoms with Gasteiger partial charge in [0.15, 0.2) is 48.8 Å². The molecular weight excluding hydrogens is 1150 g/mol. The quantitative estimate of drug-likeness (QED) is 0.0518. The maximum Gasteiger partial charge on any atom is 0.335 e. The molecule has 0 radical (unpaired) electrons. The lowest BCUT2D eigenvalue weighted by molar-refractivity contribution is -0.167. The van der Waals surface area contributed by atoms with E-state index in [1.165, 1.54) is 76.8 Å². The molecule has 8 atom stereocenters. The van der Waals surface area contributed by atoms with Gasteiger partial charge in [-0.3, -0.25) is 0 Å².